The molecule has 0 radical (unpaired) electrons. The fourth-order valence-electron chi connectivity index (χ4n) is 3.26. The Balaban J connectivity index is 2.25. The van der Waals surface area contributed by atoms with Crippen molar-refractivity contribution in [1.29, 1.82) is 0 Å². The number of hydrogen-bond acceptors (Lipinski definition) is 1. The minimum absolute atomic E-state index is 0.837. The first-order valence-corrected chi connectivity index (χ1v) is 6.95. The maximum atomic E-state index is 10.5. The minimum Gasteiger partial charge on any atom is -0.386 e. The standard InChI is InChI=1S/C19H16O/c1-19(2,20)16-11-14-8-5-7-13-10-12-6-3-4-9-15(12)18(16)17(13)14/h3-11,20H,1-2H3. The van der Waals surface area contributed by atoms with E-state index in [-0.39, 0.29) is 0 Å². The molecule has 0 unspecified atom stereocenters. The van der Waals surface area contributed by atoms with Gasteiger partial charge in [0.05, 0.1) is 5.60 Å². The van der Waals surface area contributed by atoms with Crippen LogP contribution in [0.3, 0.4) is 0 Å². The maximum absolute atomic E-state index is 10.5. The lowest BCUT2D eigenvalue weighted by molar-refractivity contribution is 0.145. The first-order chi connectivity index (χ1) is 9.55. The van der Waals surface area contributed by atoms with E-state index in [2.05, 4.69) is 54.6 Å². The number of aliphatic hydroxyl groups is 1. The average molecular weight is 260 g/mol. The van der Waals surface area contributed by atoms with Crippen LogP contribution in [0, 0.1) is 0 Å². The first kappa shape index (κ1) is 11.7. The quantitative estimate of drug-likeness (QED) is 0.633. The van der Waals surface area contributed by atoms with Crippen LogP contribution in [0.25, 0.3) is 33.2 Å². The van der Waals surface area contributed by atoms with E-state index in [0.717, 1.165) is 5.57 Å². The van der Waals surface area contributed by atoms with Crippen LogP contribution in [0.15, 0.2) is 48.5 Å². The van der Waals surface area contributed by atoms with Gasteiger partial charge in [0.15, 0.2) is 0 Å². The van der Waals surface area contributed by atoms with Crippen molar-refractivity contribution in [3.05, 3.63) is 59.7 Å². The maximum Gasteiger partial charge on any atom is 0.0846 e. The van der Waals surface area contributed by atoms with Gasteiger partial charge in [-0.1, -0.05) is 42.5 Å². The monoisotopic (exact) mass is 260 g/mol. The highest BCUT2D eigenvalue weighted by Crippen LogP contribution is 2.45. The van der Waals surface area contributed by atoms with Crippen LogP contribution < -0.4 is 0 Å². The number of fused-ring (bicyclic) bond motifs is 2. The molecular formula is C19H16O. The van der Waals surface area contributed by atoms with Gasteiger partial charge in [-0.05, 0) is 64.2 Å². The molecule has 1 heteroatoms. The highest BCUT2D eigenvalue weighted by molar-refractivity contribution is 6.19. The number of hydrogen-bond donors (Lipinski definition) is 1. The van der Waals surface area contributed by atoms with Crippen molar-refractivity contribution in [1.82, 2.24) is 0 Å². The average Bonchev–Trinajstić information content (AvgIpc) is 2.81. The van der Waals surface area contributed by atoms with E-state index in [1.165, 1.54) is 32.7 Å². The molecule has 0 saturated heterocycles. The molecule has 1 aliphatic carbocycles. The minimum atomic E-state index is -0.837. The lowest BCUT2D eigenvalue weighted by Crippen LogP contribution is -2.19. The SMILES string of the molecule is CC(C)(O)C1=Cc2cccc3cc4ccccc4c1c23. The molecule has 98 valence electrons. The van der Waals surface area contributed by atoms with Crippen LogP contribution in [0.2, 0.25) is 0 Å². The molecule has 4 rings (SSSR count). The van der Waals surface area contributed by atoms with Gasteiger partial charge in [-0.25, -0.2) is 0 Å². The Morgan fingerprint density at radius 2 is 1.65 bits per heavy atom. The Labute approximate surface area is 118 Å². The van der Waals surface area contributed by atoms with Gasteiger partial charge >= 0.3 is 0 Å². The molecule has 0 bridgehead atoms. The topological polar surface area (TPSA) is 20.2 Å². The summed E-state index contributed by atoms with van der Waals surface area (Å²) >= 11 is 0. The van der Waals surface area contributed by atoms with Gasteiger partial charge in [-0.2, -0.15) is 0 Å². The molecule has 0 aliphatic heterocycles. The van der Waals surface area contributed by atoms with Gasteiger partial charge in [-0.3, -0.25) is 0 Å². The van der Waals surface area contributed by atoms with E-state index in [0.29, 0.717) is 0 Å². The lowest BCUT2D eigenvalue weighted by Gasteiger charge is -2.21. The summed E-state index contributed by atoms with van der Waals surface area (Å²) in [6.07, 6.45) is 2.13. The van der Waals surface area contributed by atoms with Crippen molar-refractivity contribution in [2.75, 3.05) is 0 Å². The van der Waals surface area contributed by atoms with Crippen LogP contribution in [0.4, 0.5) is 0 Å². The number of benzene rings is 3. The summed E-state index contributed by atoms with van der Waals surface area (Å²) in [6, 6.07) is 17.0. The molecule has 3 aromatic rings. The van der Waals surface area contributed by atoms with E-state index in [9.17, 15) is 5.11 Å². The second-order valence-corrected chi connectivity index (χ2v) is 6.04. The normalized spacial score (nSPS) is 14.1. The molecule has 3 aromatic carbocycles. The Bertz CT molecular complexity index is 879. The van der Waals surface area contributed by atoms with Crippen LogP contribution in [0.1, 0.15) is 25.0 Å². The zero-order valence-electron chi connectivity index (χ0n) is 11.6. The first-order valence-electron chi connectivity index (χ1n) is 6.95. The predicted octanol–water partition coefficient (Wildman–Crippen LogP) is 4.62. The fraction of sp³-hybridized carbons (Fsp3) is 0.158. The van der Waals surface area contributed by atoms with E-state index in [4.69, 9.17) is 0 Å². The predicted molar refractivity (Wildman–Crippen MR) is 85.6 cm³/mol. The zero-order valence-corrected chi connectivity index (χ0v) is 11.6. The van der Waals surface area contributed by atoms with Gasteiger partial charge < -0.3 is 5.11 Å². The van der Waals surface area contributed by atoms with E-state index in [1.807, 2.05) is 13.8 Å². The summed E-state index contributed by atoms with van der Waals surface area (Å²) < 4.78 is 0. The van der Waals surface area contributed by atoms with Crippen molar-refractivity contribution >= 4 is 33.2 Å². The molecule has 1 aliphatic rings. The highest BCUT2D eigenvalue weighted by Gasteiger charge is 2.28. The second-order valence-electron chi connectivity index (χ2n) is 6.04. The van der Waals surface area contributed by atoms with E-state index >= 15 is 0 Å². The van der Waals surface area contributed by atoms with Crippen molar-refractivity contribution in [3.8, 4) is 0 Å². The van der Waals surface area contributed by atoms with E-state index in [1.54, 1.807) is 0 Å². The summed E-state index contributed by atoms with van der Waals surface area (Å²) in [4.78, 5) is 0. The molecule has 0 atom stereocenters. The molecule has 1 N–H and O–H groups in total. The zero-order chi connectivity index (χ0) is 13.9. The summed E-state index contributed by atoms with van der Waals surface area (Å²) in [7, 11) is 0. The van der Waals surface area contributed by atoms with Gasteiger partial charge in [0.1, 0.15) is 0 Å². The highest BCUT2D eigenvalue weighted by atomic mass is 16.3. The van der Waals surface area contributed by atoms with Gasteiger partial charge in [0.2, 0.25) is 0 Å². The molecule has 20 heavy (non-hydrogen) atoms. The van der Waals surface area contributed by atoms with Crippen molar-refractivity contribution in [2.24, 2.45) is 0 Å². The largest absolute Gasteiger partial charge is 0.386 e. The van der Waals surface area contributed by atoms with Crippen LogP contribution in [-0.2, 0) is 0 Å². The third-order valence-electron chi connectivity index (χ3n) is 4.15. The third kappa shape index (κ3) is 1.47. The lowest BCUT2D eigenvalue weighted by atomic mass is 9.88. The molecule has 0 fully saturated rings. The van der Waals surface area contributed by atoms with Crippen LogP contribution in [0.5, 0.6) is 0 Å². The van der Waals surface area contributed by atoms with Crippen LogP contribution in [-0.4, -0.2) is 10.7 Å². The summed E-state index contributed by atoms with van der Waals surface area (Å²) in [6.45, 7) is 3.72. The van der Waals surface area contributed by atoms with E-state index < -0.39 is 5.60 Å². The molecule has 0 amide bonds. The Morgan fingerprint density at radius 1 is 0.900 bits per heavy atom. The fourth-order valence-corrected chi connectivity index (χ4v) is 3.26. The third-order valence-corrected chi connectivity index (χ3v) is 4.15. The molecule has 0 saturated carbocycles. The molecule has 0 spiro atoms. The Hall–Kier alpha value is -2.12. The summed E-state index contributed by atoms with van der Waals surface area (Å²) in [5, 5.41) is 15.5. The molecular weight excluding hydrogens is 244 g/mol. The van der Waals surface area contributed by atoms with Gasteiger partial charge in [0.25, 0.3) is 0 Å². The van der Waals surface area contributed by atoms with Crippen molar-refractivity contribution in [2.45, 2.75) is 19.4 Å². The molecule has 0 aromatic heterocycles. The van der Waals surface area contributed by atoms with Crippen molar-refractivity contribution < 1.29 is 5.11 Å². The second kappa shape index (κ2) is 3.71. The Morgan fingerprint density at radius 3 is 2.45 bits per heavy atom. The summed E-state index contributed by atoms with van der Waals surface area (Å²) in [5.41, 5.74) is 2.58. The molecule has 0 heterocycles. The van der Waals surface area contributed by atoms with Crippen molar-refractivity contribution in [3.63, 3.8) is 0 Å². The van der Waals surface area contributed by atoms with Gasteiger partial charge in [0, 0.05) is 0 Å². The smallest absolute Gasteiger partial charge is 0.0846 e. The molecule has 1 nitrogen and oxygen atoms in total. The Kier molecular flexibility index (Phi) is 2.17. The van der Waals surface area contributed by atoms with Gasteiger partial charge in [-0.15, -0.1) is 0 Å². The van der Waals surface area contributed by atoms with Crippen LogP contribution >= 0.6 is 0 Å². The summed E-state index contributed by atoms with van der Waals surface area (Å²) in [5.74, 6) is 0. The number of rotatable bonds is 1.